The molecule has 7 nitrogen and oxygen atoms in total. The Morgan fingerprint density at radius 2 is 1.90 bits per heavy atom. The van der Waals surface area contributed by atoms with E-state index in [2.05, 4.69) is 5.32 Å². The summed E-state index contributed by atoms with van der Waals surface area (Å²) in [5.74, 6) is 0.857. The van der Waals surface area contributed by atoms with Crippen molar-refractivity contribution in [3.05, 3.63) is 54.1 Å². The quantitative estimate of drug-likeness (QED) is 0.714. The predicted octanol–water partition coefficient (Wildman–Crippen LogP) is 2.67. The van der Waals surface area contributed by atoms with E-state index in [1.807, 2.05) is 13.0 Å². The molecule has 0 spiro atoms. The fourth-order valence-electron chi connectivity index (χ4n) is 3.40. The number of carbonyl (C=O) groups excluding carboxylic acids is 2. The molecule has 0 saturated carbocycles. The number of hydrogen-bond acceptors (Lipinski definition) is 5. The number of nitrogens with one attached hydrogen (secondary N) is 1. The van der Waals surface area contributed by atoms with Crippen molar-refractivity contribution in [3.63, 3.8) is 0 Å². The molecule has 1 aliphatic rings. The number of nitrogens with two attached hydrogens (primary N) is 1. The average Bonchev–Trinajstić information content (AvgIpc) is 3.23. The number of hydrogen-bond donors (Lipinski definition) is 2. The number of para-hydroxylation sites is 1. The van der Waals surface area contributed by atoms with E-state index in [1.165, 1.54) is 0 Å². The molecule has 1 aliphatic heterocycles. The first-order chi connectivity index (χ1) is 14.1. The molecule has 2 amide bonds. The second-order valence-corrected chi connectivity index (χ2v) is 6.74. The summed E-state index contributed by atoms with van der Waals surface area (Å²) in [5.41, 5.74) is 6.56. The third-order valence-electron chi connectivity index (χ3n) is 4.74. The molecule has 2 aromatic rings. The summed E-state index contributed by atoms with van der Waals surface area (Å²) >= 11 is 0. The predicted molar refractivity (Wildman–Crippen MR) is 111 cm³/mol. The minimum Gasteiger partial charge on any atom is -0.493 e. The number of anilines is 1. The smallest absolute Gasteiger partial charge is 0.258 e. The highest BCUT2D eigenvalue weighted by molar-refractivity contribution is 6.02. The lowest BCUT2D eigenvalue weighted by molar-refractivity contribution is -0.119. The molecule has 0 bridgehead atoms. The number of nitrogens with zero attached hydrogens (tertiary/aromatic N) is 1. The molecule has 2 aromatic carbocycles. The van der Waals surface area contributed by atoms with Crippen LogP contribution in [0, 0.1) is 0 Å². The fourth-order valence-corrected chi connectivity index (χ4v) is 3.40. The van der Waals surface area contributed by atoms with Crippen molar-refractivity contribution in [2.75, 3.05) is 31.6 Å². The third kappa shape index (κ3) is 5.06. The van der Waals surface area contributed by atoms with E-state index in [0.29, 0.717) is 55.5 Å². The van der Waals surface area contributed by atoms with Gasteiger partial charge in [-0.1, -0.05) is 12.1 Å². The molecule has 3 rings (SSSR count). The van der Waals surface area contributed by atoms with Crippen LogP contribution < -0.4 is 20.5 Å². The minimum absolute atomic E-state index is 0.183. The largest absolute Gasteiger partial charge is 0.493 e. The van der Waals surface area contributed by atoms with Crippen molar-refractivity contribution < 1.29 is 19.1 Å². The number of rotatable bonds is 8. The molecule has 1 fully saturated rings. The standard InChI is InChI=1S/C22H27N3O4/c1-2-28-20-8-4-3-6-18(20)22(27)25-14-5-7-19(25)21(26)24-16-9-11-17(12-10-16)29-15-13-23/h3-4,6,8-12,19H,2,5,7,13-15,23H2,1H3,(H,24,26). The van der Waals surface area contributed by atoms with Crippen molar-refractivity contribution in [1.82, 2.24) is 4.90 Å². The maximum atomic E-state index is 13.1. The van der Waals surface area contributed by atoms with Gasteiger partial charge in [-0.3, -0.25) is 9.59 Å². The Hall–Kier alpha value is -3.06. The lowest BCUT2D eigenvalue weighted by Gasteiger charge is -2.25. The summed E-state index contributed by atoms with van der Waals surface area (Å²) in [5, 5.41) is 2.90. The van der Waals surface area contributed by atoms with Crippen LogP contribution in [0.5, 0.6) is 11.5 Å². The normalized spacial score (nSPS) is 15.8. The molecule has 0 aliphatic carbocycles. The van der Waals surface area contributed by atoms with E-state index in [4.69, 9.17) is 15.2 Å². The van der Waals surface area contributed by atoms with Crippen molar-refractivity contribution in [2.24, 2.45) is 5.73 Å². The number of likely N-dealkylation sites (tertiary alicyclic amines) is 1. The van der Waals surface area contributed by atoms with Crippen LogP contribution in [0.2, 0.25) is 0 Å². The Labute approximate surface area is 170 Å². The molecule has 1 unspecified atom stereocenters. The topological polar surface area (TPSA) is 93.9 Å². The van der Waals surface area contributed by atoms with Gasteiger partial charge in [0.15, 0.2) is 0 Å². The van der Waals surface area contributed by atoms with Crippen molar-refractivity contribution in [1.29, 1.82) is 0 Å². The SMILES string of the molecule is CCOc1ccccc1C(=O)N1CCCC1C(=O)Nc1ccc(OCCN)cc1. The molecular formula is C22H27N3O4. The highest BCUT2D eigenvalue weighted by Gasteiger charge is 2.35. The zero-order valence-corrected chi connectivity index (χ0v) is 16.6. The van der Waals surface area contributed by atoms with E-state index in [1.54, 1.807) is 47.4 Å². The Kier molecular flexibility index (Phi) is 7.08. The van der Waals surface area contributed by atoms with Gasteiger partial charge in [0.05, 0.1) is 12.2 Å². The molecule has 29 heavy (non-hydrogen) atoms. The third-order valence-corrected chi connectivity index (χ3v) is 4.74. The van der Waals surface area contributed by atoms with Crippen LogP contribution in [0.25, 0.3) is 0 Å². The zero-order chi connectivity index (χ0) is 20.6. The van der Waals surface area contributed by atoms with Gasteiger partial charge in [0.25, 0.3) is 5.91 Å². The van der Waals surface area contributed by atoms with E-state index >= 15 is 0 Å². The first-order valence-corrected chi connectivity index (χ1v) is 9.90. The van der Waals surface area contributed by atoms with E-state index in [0.717, 1.165) is 6.42 Å². The fraction of sp³-hybridized carbons (Fsp3) is 0.364. The first kappa shape index (κ1) is 20.7. The molecule has 1 heterocycles. The summed E-state index contributed by atoms with van der Waals surface area (Å²) in [7, 11) is 0. The van der Waals surface area contributed by atoms with Crippen LogP contribution in [-0.2, 0) is 4.79 Å². The zero-order valence-electron chi connectivity index (χ0n) is 16.6. The molecular weight excluding hydrogens is 370 g/mol. The van der Waals surface area contributed by atoms with Gasteiger partial charge in [-0.05, 0) is 56.2 Å². The molecule has 0 aromatic heterocycles. The summed E-state index contributed by atoms with van der Waals surface area (Å²) in [6.07, 6.45) is 1.42. The van der Waals surface area contributed by atoms with Crippen LogP contribution >= 0.6 is 0 Å². The summed E-state index contributed by atoms with van der Waals surface area (Å²) in [4.78, 5) is 27.6. The van der Waals surface area contributed by atoms with Crippen LogP contribution in [0.15, 0.2) is 48.5 Å². The van der Waals surface area contributed by atoms with Crippen LogP contribution in [-0.4, -0.2) is 49.1 Å². The number of ether oxygens (including phenoxy) is 2. The molecule has 7 heteroatoms. The lowest BCUT2D eigenvalue weighted by atomic mass is 10.1. The Morgan fingerprint density at radius 3 is 2.62 bits per heavy atom. The molecule has 154 valence electrons. The minimum atomic E-state index is -0.509. The van der Waals surface area contributed by atoms with E-state index in [-0.39, 0.29) is 11.8 Å². The van der Waals surface area contributed by atoms with E-state index in [9.17, 15) is 9.59 Å². The van der Waals surface area contributed by atoms with Crippen molar-refractivity contribution in [2.45, 2.75) is 25.8 Å². The summed E-state index contributed by atoms with van der Waals surface area (Å²) in [6, 6.07) is 13.7. The average molecular weight is 397 g/mol. The van der Waals surface area contributed by atoms with Gasteiger partial charge < -0.3 is 25.4 Å². The maximum Gasteiger partial charge on any atom is 0.258 e. The number of amides is 2. The molecule has 3 N–H and O–H groups in total. The highest BCUT2D eigenvalue weighted by Crippen LogP contribution is 2.26. The van der Waals surface area contributed by atoms with Gasteiger partial charge in [0.2, 0.25) is 5.91 Å². The van der Waals surface area contributed by atoms with Crippen molar-refractivity contribution >= 4 is 17.5 Å². The highest BCUT2D eigenvalue weighted by atomic mass is 16.5. The van der Waals surface area contributed by atoms with Gasteiger partial charge in [0.1, 0.15) is 24.1 Å². The van der Waals surface area contributed by atoms with Gasteiger partial charge in [-0.25, -0.2) is 0 Å². The van der Waals surface area contributed by atoms with Crippen LogP contribution in [0.1, 0.15) is 30.1 Å². The molecule has 0 radical (unpaired) electrons. The number of carbonyl (C=O) groups is 2. The van der Waals surface area contributed by atoms with Gasteiger partial charge in [-0.15, -0.1) is 0 Å². The Bertz CT molecular complexity index is 838. The van der Waals surface area contributed by atoms with Crippen molar-refractivity contribution in [3.8, 4) is 11.5 Å². The van der Waals surface area contributed by atoms with Crippen LogP contribution in [0.3, 0.4) is 0 Å². The summed E-state index contributed by atoms with van der Waals surface area (Å²) in [6.45, 7) is 3.77. The monoisotopic (exact) mass is 397 g/mol. The molecule has 1 saturated heterocycles. The van der Waals surface area contributed by atoms with Gasteiger partial charge in [0, 0.05) is 18.8 Å². The second kappa shape index (κ2) is 9.93. The Balaban J connectivity index is 1.68. The summed E-state index contributed by atoms with van der Waals surface area (Å²) < 4.78 is 11.0. The van der Waals surface area contributed by atoms with Crippen LogP contribution in [0.4, 0.5) is 5.69 Å². The Morgan fingerprint density at radius 1 is 1.14 bits per heavy atom. The first-order valence-electron chi connectivity index (χ1n) is 9.90. The second-order valence-electron chi connectivity index (χ2n) is 6.74. The molecule has 1 atom stereocenters. The van der Waals surface area contributed by atoms with Gasteiger partial charge in [-0.2, -0.15) is 0 Å². The maximum absolute atomic E-state index is 13.1. The number of benzene rings is 2. The van der Waals surface area contributed by atoms with E-state index < -0.39 is 6.04 Å². The lowest BCUT2D eigenvalue weighted by Crippen LogP contribution is -2.43. The van der Waals surface area contributed by atoms with Gasteiger partial charge >= 0.3 is 0 Å².